The van der Waals surface area contributed by atoms with Crippen molar-refractivity contribution in [1.29, 1.82) is 0 Å². The molecule has 0 saturated carbocycles. The van der Waals surface area contributed by atoms with E-state index in [9.17, 15) is 81.7 Å². The minimum Gasteiger partial charge on any atom is -0.504 e. The number of rotatable bonds is 17. The van der Waals surface area contributed by atoms with Crippen molar-refractivity contribution in [2.75, 3.05) is 0 Å². The molecule has 0 saturated heterocycles. The summed E-state index contributed by atoms with van der Waals surface area (Å²) in [5.74, 6) is -14.2. The van der Waals surface area contributed by atoms with Crippen LogP contribution in [0.2, 0.25) is 0 Å². The molecule has 0 aliphatic carbocycles. The maximum atomic E-state index is 11.6. The van der Waals surface area contributed by atoms with Gasteiger partial charge >= 0.3 is 0 Å². The first-order valence-electron chi connectivity index (χ1n) is 24.6. The Morgan fingerprint density at radius 1 is 0.312 bits per heavy atom. The second-order valence-corrected chi connectivity index (χ2v) is 20.2. The SMILES string of the molecule is CC(Cc1ccc(O)c(O)c1)C(CC(c1ccc(O)c(O)c1)C(c1ccc(O)c(O)c1)C(c1ccc(O)c(O)c1)C(c1ccc(O)c(O)c1)C(C)(c1ccc(O)c(O)c1)C(C)c1ccc(O)c(O)c1)c1ccc(O)c(O)c1. The largest absolute Gasteiger partial charge is 0.504 e. The van der Waals surface area contributed by atoms with Gasteiger partial charge in [-0.2, -0.15) is 0 Å². The molecule has 0 heterocycles. The smallest absolute Gasteiger partial charge is 0.157 e. The van der Waals surface area contributed by atoms with Gasteiger partial charge in [0, 0.05) is 11.3 Å². The summed E-state index contributed by atoms with van der Waals surface area (Å²) in [6.45, 7) is 5.53. The standard InChI is InChI=1S/C61H60O16/c1-30(20-32-4-12-42(62)50(70)21-32)40(34-6-14-44(64)52(72)23-34)29-41(35-7-15-45(65)53(73)24-35)58(36-8-16-46(66)54(74)25-36)59(37-9-17-47(67)55(75)26-37)60(38-10-18-48(68)56(76)27-38)61(3,39-11-19-49(69)57(77)28-39)31(2)33-5-13-43(63)51(71)22-33/h4-19,21-28,30-31,40-41,58-60,62-77H,20,29H2,1-3H3. The zero-order valence-electron chi connectivity index (χ0n) is 42.0. The summed E-state index contributed by atoms with van der Waals surface area (Å²) in [6, 6.07) is 33.8. The average Bonchev–Trinajstić information content (AvgIpc) is 3.44. The van der Waals surface area contributed by atoms with Crippen LogP contribution in [0.5, 0.6) is 92.0 Å². The molecule has 0 aliphatic heterocycles. The normalized spacial score (nSPS) is 15.1. The van der Waals surface area contributed by atoms with Crippen LogP contribution in [0.3, 0.4) is 0 Å². The molecule has 0 fully saturated rings. The van der Waals surface area contributed by atoms with Crippen molar-refractivity contribution >= 4 is 0 Å². The number of benzene rings is 8. The Morgan fingerprint density at radius 2 is 0.636 bits per heavy atom. The van der Waals surface area contributed by atoms with Gasteiger partial charge in [-0.15, -0.1) is 0 Å². The zero-order chi connectivity index (χ0) is 55.8. The summed E-state index contributed by atoms with van der Waals surface area (Å²) >= 11 is 0. The first kappa shape index (κ1) is 53.8. The molecule has 400 valence electrons. The van der Waals surface area contributed by atoms with E-state index in [0.717, 1.165) is 0 Å². The Kier molecular flexibility index (Phi) is 15.0. The van der Waals surface area contributed by atoms with E-state index < -0.39 is 127 Å². The van der Waals surface area contributed by atoms with Gasteiger partial charge in [0.1, 0.15) is 0 Å². The average molecular weight is 1050 g/mol. The predicted octanol–water partition coefficient (Wildman–Crippen LogP) is 11.2. The third-order valence-electron chi connectivity index (χ3n) is 15.6. The molecule has 16 nitrogen and oxygen atoms in total. The number of phenolic OH excluding ortho intramolecular Hbond substituents is 16. The van der Waals surface area contributed by atoms with Crippen LogP contribution < -0.4 is 0 Å². The van der Waals surface area contributed by atoms with E-state index in [2.05, 4.69) is 0 Å². The van der Waals surface area contributed by atoms with Gasteiger partial charge < -0.3 is 81.7 Å². The van der Waals surface area contributed by atoms with Crippen molar-refractivity contribution in [1.82, 2.24) is 0 Å². The van der Waals surface area contributed by atoms with E-state index in [1.165, 1.54) is 97.1 Å². The highest BCUT2D eigenvalue weighted by Gasteiger charge is 2.51. The summed E-state index contributed by atoms with van der Waals surface area (Å²) in [4.78, 5) is 0. The van der Waals surface area contributed by atoms with Crippen molar-refractivity contribution in [2.45, 2.75) is 74.5 Å². The van der Waals surface area contributed by atoms with E-state index in [0.29, 0.717) is 38.9 Å². The van der Waals surface area contributed by atoms with E-state index in [1.54, 1.807) is 55.5 Å². The highest BCUT2D eigenvalue weighted by molar-refractivity contribution is 5.56. The minimum atomic E-state index is -1.52. The first-order valence-corrected chi connectivity index (χ1v) is 24.6. The van der Waals surface area contributed by atoms with E-state index in [4.69, 9.17) is 0 Å². The van der Waals surface area contributed by atoms with Crippen LogP contribution in [0, 0.1) is 5.92 Å². The summed E-state index contributed by atoms with van der Waals surface area (Å²) in [5.41, 5.74) is 1.59. The van der Waals surface area contributed by atoms with Crippen LogP contribution in [-0.4, -0.2) is 81.7 Å². The fourth-order valence-corrected chi connectivity index (χ4v) is 11.4. The van der Waals surface area contributed by atoms with Crippen molar-refractivity contribution in [3.05, 3.63) is 190 Å². The van der Waals surface area contributed by atoms with Gasteiger partial charge in [-0.3, -0.25) is 0 Å². The molecule has 77 heavy (non-hydrogen) atoms. The van der Waals surface area contributed by atoms with Crippen LogP contribution in [-0.2, 0) is 11.8 Å². The van der Waals surface area contributed by atoms with Crippen LogP contribution >= 0.6 is 0 Å². The maximum Gasteiger partial charge on any atom is 0.157 e. The molecule has 8 atom stereocenters. The van der Waals surface area contributed by atoms with Gasteiger partial charge in [-0.25, -0.2) is 0 Å². The lowest BCUT2D eigenvalue weighted by Crippen LogP contribution is -2.41. The Balaban J connectivity index is 1.54. The second kappa shape index (κ2) is 21.4. The molecule has 16 N–H and O–H groups in total. The quantitative estimate of drug-likeness (QED) is 0.0377. The lowest BCUT2D eigenvalue weighted by molar-refractivity contribution is 0.238. The highest BCUT2D eigenvalue weighted by atomic mass is 16.3. The van der Waals surface area contributed by atoms with Crippen LogP contribution in [0.25, 0.3) is 0 Å². The monoisotopic (exact) mass is 1050 g/mol. The molecule has 16 heteroatoms. The number of hydrogen-bond acceptors (Lipinski definition) is 16. The molecule has 8 aromatic carbocycles. The molecular formula is C61H60O16. The molecule has 0 bridgehead atoms. The van der Waals surface area contributed by atoms with Crippen molar-refractivity contribution < 1.29 is 81.7 Å². The summed E-state index contributed by atoms with van der Waals surface area (Å²) < 4.78 is 0. The van der Waals surface area contributed by atoms with Gasteiger partial charge in [-0.05, 0) is 190 Å². The third-order valence-corrected chi connectivity index (χ3v) is 15.6. The van der Waals surface area contributed by atoms with Crippen LogP contribution in [0.15, 0.2) is 146 Å². The van der Waals surface area contributed by atoms with Crippen LogP contribution in [0.1, 0.15) is 107 Å². The molecular weight excluding hydrogens is 989 g/mol. The first-order chi connectivity index (χ1) is 36.5. The lowest BCUT2D eigenvalue weighted by atomic mass is 9.52. The number of phenols is 16. The molecule has 0 radical (unpaired) electrons. The Labute approximate surface area is 442 Å². The van der Waals surface area contributed by atoms with E-state index in [-0.39, 0.29) is 29.9 Å². The van der Waals surface area contributed by atoms with Gasteiger partial charge in [0.25, 0.3) is 0 Å². The maximum absolute atomic E-state index is 11.6. The molecule has 8 unspecified atom stereocenters. The zero-order valence-corrected chi connectivity index (χ0v) is 42.0. The summed E-state index contributed by atoms with van der Waals surface area (Å²) in [7, 11) is 0. The second-order valence-electron chi connectivity index (χ2n) is 20.2. The van der Waals surface area contributed by atoms with E-state index >= 15 is 0 Å². The Bertz CT molecular complexity index is 3470. The molecule has 8 aromatic rings. The number of hydrogen-bond donors (Lipinski definition) is 16. The fraction of sp³-hybridized carbons (Fsp3) is 0.213. The minimum absolute atomic E-state index is 0.0121. The topological polar surface area (TPSA) is 324 Å². The van der Waals surface area contributed by atoms with Gasteiger partial charge in [0.2, 0.25) is 0 Å². The molecule has 0 aliphatic rings. The van der Waals surface area contributed by atoms with Crippen molar-refractivity contribution in [3.8, 4) is 92.0 Å². The Hall–Kier alpha value is -9.44. The summed E-state index contributed by atoms with van der Waals surface area (Å²) in [5, 5.41) is 177. The Morgan fingerprint density at radius 3 is 1.08 bits per heavy atom. The van der Waals surface area contributed by atoms with Crippen molar-refractivity contribution in [3.63, 3.8) is 0 Å². The lowest BCUT2D eigenvalue weighted by Gasteiger charge is -2.51. The molecule has 0 amide bonds. The third kappa shape index (κ3) is 10.8. The molecule has 0 spiro atoms. The van der Waals surface area contributed by atoms with Crippen LogP contribution in [0.4, 0.5) is 0 Å². The molecule has 0 aromatic heterocycles. The number of aromatic hydroxyl groups is 16. The van der Waals surface area contributed by atoms with Gasteiger partial charge in [0.15, 0.2) is 92.0 Å². The predicted molar refractivity (Wildman–Crippen MR) is 285 cm³/mol. The van der Waals surface area contributed by atoms with Crippen molar-refractivity contribution in [2.24, 2.45) is 5.92 Å². The summed E-state index contributed by atoms with van der Waals surface area (Å²) in [6.07, 6.45) is 0.251. The van der Waals surface area contributed by atoms with Gasteiger partial charge in [0.05, 0.1) is 0 Å². The molecule has 8 rings (SSSR count). The van der Waals surface area contributed by atoms with E-state index in [1.807, 2.05) is 13.8 Å². The highest BCUT2D eigenvalue weighted by Crippen LogP contribution is 2.63. The fourth-order valence-electron chi connectivity index (χ4n) is 11.4. The van der Waals surface area contributed by atoms with Gasteiger partial charge in [-0.1, -0.05) is 69.3 Å².